The number of rotatable bonds is 4. The number of carbonyl (C=O) groups excluding carboxylic acids is 2. The van der Waals surface area contributed by atoms with E-state index in [-0.39, 0.29) is 17.9 Å². The zero-order valence-corrected chi connectivity index (χ0v) is 13.5. The fourth-order valence-electron chi connectivity index (χ4n) is 2.62. The van der Waals surface area contributed by atoms with Crippen LogP contribution >= 0.6 is 11.3 Å². The molecular formula is C17H19N3O2S. The van der Waals surface area contributed by atoms with E-state index in [2.05, 4.69) is 16.0 Å². The average molecular weight is 329 g/mol. The second-order valence-corrected chi connectivity index (χ2v) is 6.31. The molecule has 0 radical (unpaired) electrons. The summed E-state index contributed by atoms with van der Waals surface area (Å²) >= 11 is 1.47. The summed E-state index contributed by atoms with van der Waals surface area (Å²) in [5, 5.41) is 12.8. The Morgan fingerprint density at radius 1 is 1.17 bits per heavy atom. The number of amides is 2. The lowest BCUT2D eigenvalue weighted by Gasteiger charge is -2.24. The van der Waals surface area contributed by atoms with Gasteiger partial charge in [-0.1, -0.05) is 12.1 Å². The maximum atomic E-state index is 12.5. The minimum Gasteiger partial charge on any atom is -0.348 e. The van der Waals surface area contributed by atoms with E-state index in [0.29, 0.717) is 16.8 Å². The zero-order chi connectivity index (χ0) is 16.1. The highest BCUT2D eigenvalue weighted by Gasteiger charge is 2.19. The third-order valence-electron chi connectivity index (χ3n) is 3.84. The van der Waals surface area contributed by atoms with Gasteiger partial charge in [0.25, 0.3) is 11.8 Å². The number of para-hydroxylation sites is 1. The summed E-state index contributed by atoms with van der Waals surface area (Å²) < 4.78 is 0. The first-order chi connectivity index (χ1) is 11.2. The molecule has 0 spiro atoms. The van der Waals surface area contributed by atoms with Gasteiger partial charge in [-0.25, -0.2) is 0 Å². The van der Waals surface area contributed by atoms with E-state index in [1.807, 2.05) is 11.4 Å². The average Bonchev–Trinajstić information content (AvgIpc) is 3.11. The van der Waals surface area contributed by atoms with Crippen molar-refractivity contribution in [3.8, 4) is 0 Å². The van der Waals surface area contributed by atoms with Crippen LogP contribution in [-0.2, 0) is 0 Å². The van der Waals surface area contributed by atoms with Crippen molar-refractivity contribution >= 4 is 28.8 Å². The van der Waals surface area contributed by atoms with E-state index in [1.165, 1.54) is 11.3 Å². The van der Waals surface area contributed by atoms with E-state index < -0.39 is 0 Å². The summed E-state index contributed by atoms with van der Waals surface area (Å²) in [6.07, 6.45) is 2.03. The highest BCUT2D eigenvalue weighted by atomic mass is 32.1. The SMILES string of the molecule is O=C(Nc1ccccc1C(=O)NC1CCCNC1)c1ccsc1. The number of piperidine rings is 1. The van der Waals surface area contributed by atoms with Crippen molar-refractivity contribution < 1.29 is 9.59 Å². The molecule has 2 amide bonds. The maximum absolute atomic E-state index is 12.5. The van der Waals surface area contributed by atoms with Gasteiger partial charge in [-0.3, -0.25) is 9.59 Å². The van der Waals surface area contributed by atoms with E-state index >= 15 is 0 Å². The lowest BCUT2D eigenvalue weighted by atomic mass is 10.1. The van der Waals surface area contributed by atoms with Gasteiger partial charge >= 0.3 is 0 Å². The molecular weight excluding hydrogens is 310 g/mol. The normalized spacial score (nSPS) is 17.5. The number of carbonyl (C=O) groups is 2. The third-order valence-corrected chi connectivity index (χ3v) is 4.52. The molecule has 1 fully saturated rings. The van der Waals surface area contributed by atoms with Crippen molar-refractivity contribution in [1.29, 1.82) is 0 Å². The van der Waals surface area contributed by atoms with Gasteiger partial charge in [0, 0.05) is 18.0 Å². The number of thiophene rings is 1. The number of nitrogens with one attached hydrogen (secondary N) is 3. The molecule has 3 rings (SSSR count). The molecule has 2 aromatic rings. The predicted octanol–water partition coefficient (Wildman–Crippen LogP) is 2.48. The van der Waals surface area contributed by atoms with Crippen LogP contribution in [-0.4, -0.2) is 30.9 Å². The molecule has 23 heavy (non-hydrogen) atoms. The molecule has 0 bridgehead atoms. The van der Waals surface area contributed by atoms with Crippen LogP contribution in [0.2, 0.25) is 0 Å². The van der Waals surface area contributed by atoms with Gasteiger partial charge in [-0.2, -0.15) is 11.3 Å². The lowest BCUT2D eigenvalue weighted by Crippen LogP contribution is -2.45. The standard InChI is InChI=1S/C17H19N3O2S/c21-16(12-7-9-23-11-12)20-15-6-2-1-5-14(15)17(22)19-13-4-3-8-18-10-13/h1-2,5-7,9,11,13,18H,3-4,8,10H2,(H,19,22)(H,20,21). The number of anilines is 1. The van der Waals surface area contributed by atoms with Crippen LogP contribution in [0.1, 0.15) is 33.6 Å². The quantitative estimate of drug-likeness (QED) is 0.807. The molecule has 120 valence electrons. The largest absolute Gasteiger partial charge is 0.348 e. The van der Waals surface area contributed by atoms with Crippen molar-refractivity contribution in [3.05, 3.63) is 52.2 Å². The highest BCUT2D eigenvalue weighted by Crippen LogP contribution is 2.17. The molecule has 5 nitrogen and oxygen atoms in total. The summed E-state index contributed by atoms with van der Waals surface area (Å²) in [7, 11) is 0. The van der Waals surface area contributed by atoms with Crippen molar-refractivity contribution in [3.63, 3.8) is 0 Å². The molecule has 1 aromatic heterocycles. The van der Waals surface area contributed by atoms with Gasteiger partial charge in [-0.05, 0) is 43.0 Å². The third kappa shape index (κ3) is 3.97. The first kappa shape index (κ1) is 15.7. The molecule has 0 saturated carbocycles. The smallest absolute Gasteiger partial charge is 0.256 e. The van der Waals surface area contributed by atoms with Crippen LogP contribution in [0.25, 0.3) is 0 Å². The summed E-state index contributed by atoms with van der Waals surface area (Å²) in [5.74, 6) is -0.356. The minimum absolute atomic E-state index is 0.136. The van der Waals surface area contributed by atoms with Crippen LogP contribution in [0.4, 0.5) is 5.69 Å². The van der Waals surface area contributed by atoms with Crippen molar-refractivity contribution in [1.82, 2.24) is 10.6 Å². The summed E-state index contributed by atoms with van der Waals surface area (Å²) in [6, 6.07) is 8.98. The molecule has 1 unspecified atom stereocenters. The molecule has 1 saturated heterocycles. The Balaban J connectivity index is 1.72. The summed E-state index contributed by atoms with van der Waals surface area (Å²) in [6.45, 7) is 1.79. The molecule has 2 heterocycles. The van der Waals surface area contributed by atoms with Crippen LogP contribution in [0.15, 0.2) is 41.1 Å². The van der Waals surface area contributed by atoms with Crippen molar-refractivity contribution in [2.24, 2.45) is 0 Å². The Morgan fingerprint density at radius 2 is 2.04 bits per heavy atom. The Labute approximate surface area is 139 Å². The van der Waals surface area contributed by atoms with E-state index in [9.17, 15) is 9.59 Å². The first-order valence-corrected chi connectivity index (χ1v) is 8.62. The van der Waals surface area contributed by atoms with Gasteiger partial charge < -0.3 is 16.0 Å². The Hall–Kier alpha value is -2.18. The highest BCUT2D eigenvalue weighted by molar-refractivity contribution is 7.08. The number of hydrogen-bond donors (Lipinski definition) is 3. The van der Waals surface area contributed by atoms with E-state index in [4.69, 9.17) is 0 Å². The fourth-order valence-corrected chi connectivity index (χ4v) is 3.25. The van der Waals surface area contributed by atoms with Crippen molar-refractivity contribution in [2.45, 2.75) is 18.9 Å². The topological polar surface area (TPSA) is 70.2 Å². The van der Waals surface area contributed by atoms with Gasteiger partial charge in [0.1, 0.15) is 0 Å². The first-order valence-electron chi connectivity index (χ1n) is 7.68. The second kappa shape index (κ2) is 7.39. The number of benzene rings is 1. The van der Waals surface area contributed by atoms with Crippen LogP contribution in [0.3, 0.4) is 0 Å². The fraction of sp³-hybridized carbons (Fsp3) is 0.294. The molecule has 1 atom stereocenters. The predicted molar refractivity (Wildman–Crippen MR) is 92.1 cm³/mol. The monoisotopic (exact) mass is 329 g/mol. The second-order valence-electron chi connectivity index (χ2n) is 5.53. The molecule has 3 N–H and O–H groups in total. The van der Waals surface area contributed by atoms with Crippen LogP contribution in [0, 0.1) is 0 Å². The van der Waals surface area contributed by atoms with E-state index in [1.54, 1.807) is 29.6 Å². The molecule has 1 aliphatic rings. The van der Waals surface area contributed by atoms with Gasteiger partial charge in [-0.15, -0.1) is 0 Å². The number of hydrogen-bond acceptors (Lipinski definition) is 4. The molecule has 1 aliphatic heterocycles. The van der Waals surface area contributed by atoms with Crippen molar-refractivity contribution in [2.75, 3.05) is 18.4 Å². The van der Waals surface area contributed by atoms with Gasteiger partial charge in [0.15, 0.2) is 0 Å². The molecule has 1 aromatic carbocycles. The molecule has 0 aliphatic carbocycles. The maximum Gasteiger partial charge on any atom is 0.256 e. The van der Waals surface area contributed by atoms with Crippen LogP contribution < -0.4 is 16.0 Å². The van der Waals surface area contributed by atoms with Gasteiger partial charge in [0.2, 0.25) is 0 Å². The van der Waals surface area contributed by atoms with Crippen LogP contribution in [0.5, 0.6) is 0 Å². The van der Waals surface area contributed by atoms with E-state index in [0.717, 1.165) is 25.9 Å². The summed E-state index contributed by atoms with van der Waals surface area (Å²) in [5.41, 5.74) is 1.62. The Bertz CT molecular complexity index is 679. The zero-order valence-electron chi connectivity index (χ0n) is 12.7. The lowest BCUT2D eigenvalue weighted by molar-refractivity contribution is 0.0931. The van der Waals surface area contributed by atoms with Gasteiger partial charge in [0.05, 0.1) is 16.8 Å². The molecule has 6 heteroatoms. The summed E-state index contributed by atoms with van der Waals surface area (Å²) in [4.78, 5) is 24.7. The minimum atomic E-state index is -0.203. The Morgan fingerprint density at radius 3 is 2.78 bits per heavy atom. The Kier molecular flexibility index (Phi) is 5.05.